The molecule has 2 aromatic rings. The maximum Gasteiger partial charge on any atom is 0.176 e. The predicted octanol–water partition coefficient (Wildman–Crippen LogP) is 2.46. The highest BCUT2D eigenvalue weighted by atomic mass is 16.5. The van der Waals surface area contributed by atoms with Gasteiger partial charge in [-0.1, -0.05) is 6.92 Å². The lowest BCUT2D eigenvalue weighted by Crippen LogP contribution is -1.92. The number of furan rings is 1. The zero-order chi connectivity index (χ0) is 10.8. The van der Waals surface area contributed by atoms with Gasteiger partial charge in [0.25, 0.3) is 0 Å². The molecule has 80 valence electrons. The first-order valence-electron chi connectivity index (χ1n) is 5.08. The van der Waals surface area contributed by atoms with E-state index in [1.807, 2.05) is 12.1 Å². The number of fused-ring (bicyclic) bond motifs is 1. The number of nitrogens with two attached hydrogens (primary N) is 1. The van der Waals surface area contributed by atoms with Crippen LogP contribution in [0.25, 0.3) is 11.0 Å². The summed E-state index contributed by atoms with van der Waals surface area (Å²) >= 11 is 0. The van der Waals surface area contributed by atoms with Crippen LogP contribution in [-0.4, -0.2) is 7.11 Å². The first-order chi connectivity index (χ1) is 7.28. The van der Waals surface area contributed by atoms with Gasteiger partial charge in [0.2, 0.25) is 0 Å². The van der Waals surface area contributed by atoms with Crippen LogP contribution in [0.5, 0.6) is 5.75 Å². The minimum absolute atomic E-state index is 0.416. The van der Waals surface area contributed by atoms with Crippen molar-refractivity contribution in [2.75, 3.05) is 7.11 Å². The molecule has 0 aliphatic carbocycles. The molecule has 1 aromatic carbocycles. The number of aryl methyl sites for hydroxylation is 1. The van der Waals surface area contributed by atoms with E-state index in [4.69, 9.17) is 14.9 Å². The lowest BCUT2D eigenvalue weighted by atomic mass is 10.1. The van der Waals surface area contributed by atoms with Gasteiger partial charge in [-0.3, -0.25) is 0 Å². The average molecular weight is 205 g/mol. The standard InChI is InChI=1S/C12H15NO2/c1-3-8-4-9-6-10(7-13)15-12(9)11(5-8)14-2/h4-6H,3,7,13H2,1-2H3. The molecule has 1 heterocycles. The van der Waals surface area contributed by atoms with E-state index in [0.717, 1.165) is 28.9 Å². The maximum absolute atomic E-state index is 5.59. The largest absolute Gasteiger partial charge is 0.493 e. The van der Waals surface area contributed by atoms with Gasteiger partial charge in [0.15, 0.2) is 11.3 Å². The summed E-state index contributed by atoms with van der Waals surface area (Å²) in [7, 11) is 1.65. The predicted molar refractivity (Wildman–Crippen MR) is 60.0 cm³/mol. The normalized spacial score (nSPS) is 10.9. The van der Waals surface area contributed by atoms with Gasteiger partial charge in [-0.15, -0.1) is 0 Å². The second kappa shape index (κ2) is 3.95. The third-order valence-corrected chi connectivity index (χ3v) is 2.52. The Hall–Kier alpha value is -1.48. The number of benzene rings is 1. The number of methoxy groups -OCH3 is 1. The van der Waals surface area contributed by atoms with Gasteiger partial charge in [0.1, 0.15) is 5.76 Å². The average Bonchev–Trinajstić information content (AvgIpc) is 2.70. The van der Waals surface area contributed by atoms with E-state index < -0.39 is 0 Å². The number of rotatable bonds is 3. The van der Waals surface area contributed by atoms with Crippen LogP contribution in [0.2, 0.25) is 0 Å². The zero-order valence-corrected chi connectivity index (χ0v) is 9.04. The Morgan fingerprint density at radius 1 is 1.33 bits per heavy atom. The number of hydrogen-bond donors (Lipinski definition) is 1. The van der Waals surface area contributed by atoms with Crippen LogP contribution in [0.3, 0.4) is 0 Å². The molecular formula is C12H15NO2. The van der Waals surface area contributed by atoms with Crippen molar-refractivity contribution in [2.45, 2.75) is 19.9 Å². The molecule has 0 radical (unpaired) electrons. The molecule has 1 aromatic heterocycles. The second-order valence-electron chi connectivity index (χ2n) is 3.49. The van der Waals surface area contributed by atoms with Crippen LogP contribution in [0.1, 0.15) is 18.2 Å². The van der Waals surface area contributed by atoms with Crippen LogP contribution < -0.4 is 10.5 Å². The fourth-order valence-corrected chi connectivity index (χ4v) is 1.69. The highest BCUT2D eigenvalue weighted by Gasteiger charge is 2.09. The van der Waals surface area contributed by atoms with Crippen molar-refractivity contribution in [3.63, 3.8) is 0 Å². The highest BCUT2D eigenvalue weighted by Crippen LogP contribution is 2.30. The second-order valence-corrected chi connectivity index (χ2v) is 3.49. The summed E-state index contributed by atoms with van der Waals surface area (Å²) in [6.07, 6.45) is 0.982. The molecule has 2 N–H and O–H groups in total. The lowest BCUT2D eigenvalue weighted by molar-refractivity contribution is 0.407. The smallest absolute Gasteiger partial charge is 0.176 e. The Morgan fingerprint density at radius 3 is 2.73 bits per heavy atom. The van der Waals surface area contributed by atoms with Gasteiger partial charge < -0.3 is 14.9 Å². The van der Waals surface area contributed by atoms with E-state index >= 15 is 0 Å². The monoisotopic (exact) mass is 205 g/mol. The van der Waals surface area contributed by atoms with Crippen LogP contribution in [0, 0.1) is 0 Å². The van der Waals surface area contributed by atoms with E-state index in [1.165, 1.54) is 5.56 Å². The van der Waals surface area contributed by atoms with Gasteiger partial charge >= 0.3 is 0 Å². The van der Waals surface area contributed by atoms with Crippen molar-refractivity contribution in [1.29, 1.82) is 0 Å². The molecule has 0 aliphatic rings. The molecule has 2 rings (SSSR count). The molecule has 0 unspecified atom stereocenters. The molecule has 0 atom stereocenters. The first kappa shape index (κ1) is 10.1. The van der Waals surface area contributed by atoms with E-state index in [1.54, 1.807) is 7.11 Å². The van der Waals surface area contributed by atoms with Crippen molar-refractivity contribution < 1.29 is 9.15 Å². The van der Waals surface area contributed by atoms with E-state index in [9.17, 15) is 0 Å². The SMILES string of the molecule is CCc1cc(OC)c2oc(CN)cc2c1. The fraction of sp³-hybridized carbons (Fsp3) is 0.333. The molecule has 0 fully saturated rings. The molecule has 0 spiro atoms. The van der Waals surface area contributed by atoms with Crippen molar-refractivity contribution in [1.82, 2.24) is 0 Å². The van der Waals surface area contributed by atoms with E-state index in [2.05, 4.69) is 13.0 Å². The lowest BCUT2D eigenvalue weighted by Gasteiger charge is -2.03. The molecule has 0 amide bonds. The minimum Gasteiger partial charge on any atom is -0.493 e. The summed E-state index contributed by atoms with van der Waals surface area (Å²) in [4.78, 5) is 0. The van der Waals surface area contributed by atoms with Gasteiger partial charge in [-0.25, -0.2) is 0 Å². The van der Waals surface area contributed by atoms with Crippen LogP contribution >= 0.6 is 0 Å². The quantitative estimate of drug-likeness (QED) is 0.837. The topological polar surface area (TPSA) is 48.4 Å². The summed E-state index contributed by atoms with van der Waals surface area (Å²) in [5, 5.41) is 1.06. The van der Waals surface area contributed by atoms with Gasteiger partial charge in [-0.2, -0.15) is 0 Å². The fourth-order valence-electron chi connectivity index (χ4n) is 1.69. The van der Waals surface area contributed by atoms with Crippen LogP contribution in [-0.2, 0) is 13.0 Å². The Balaban J connectivity index is 2.66. The van der Waals surface area contributed by atoms with Gasteiger partial charge in [0.05, 0.1) is 13.7 Å². The molecule has 0 bridgehead atoms. The minimum atomic E-state index is 0.416. The van der Waals surface area contributed by atoms with E-state index in [0.29, 0.717) is 6.54 Å². The Kier molecular flexibility index (Phi) is 2.64. The molecule has 0 saturated heterocycles. The summed E-state index contributed by atoms with van der Waals surface area (Å²) < 4.78 is 10.9. The van der Waals surface area contributed by atoms with E-state index in [-0.39, 0.29) is 0 Å². The third-order valence-electron chi connectivity index (χ3n) is 2.52. The number of ether oxygens (including phenoxy) is 1. The molecule has 3 nitrogen and oxygen atoms in total. The maximum atomic E-state index is 5.59. The highest BCUT2D eigenvalue weighted by molar-refractivity contribution is 5.84. The Labute approximate surface area is 88.8 Å². The summed E-state index contributed by atoms with van der Waals surface area (Å²) in [5.41, 5.74) is 7.57. The molecule has 15 heavy (non-hydrogen) atoms. The summed E-state index contributed by atoms with van der Waals surface area (Å²) in [6.45, 7) is 2.53. The van der Waals surface area contributed by atoms with Gasteiger partial charge in [0, 0.05) is 5.39 Å². The molecule has 0 saturated carbocycles. The van der Waals surface area contributed by atoms with Crippen molar-refractivity contribution in [3.8, 4) is 5.75 Å². The summed E-state index contributed by atoms with van der Waals surface area (Å²) in [6, 6.07) is 6.09. The third kappa shape index (κ3) is 1.70. The summed E-state index contributed by atoms with van der Waals surface area (Å²) in [5.74, 6) is 1.57. The van der Waals surface area contributed by atoms with Crippen molar-refractivity contribution >= 4 is 11.0 Å². The van der Waals surface area contributed by atoms with Gasteiger partial charge in [-0.05, 0) is 30.2 Å². The molecular weight excluding hydrogens is 190 g/mol. The molecule has 3 heteroatoms. The van der Waals surface area contributed by atoms with Crippen molar-refractivity contribution in [2.24, 2.45) is 5.73 Å². The number of hydrogen-bond acceptors (Lipinski definition) is 3. The van der Waals surface area contributed by atoms with Crippen LogP contribution in [0.15, 0.2) is 22.6 Å². The first-order valence-corrected chi connectivity index (χ1v) is 5.08. The Morgan fingerprint density at radius 2 is 2.13 bits per heavy atom. The van der Waals surface area contributed by atoms with Crippen LogP contribution in [0.4, 0.5) is 0 Å². The molecule has 0 aliphatic heterocycles. The van der Waals surface area contributed by atoms with Crippen molar-refractivity contribution in [3.05, 3.63) is 29.5 Å². The Bertz CT molecular complexity index is 474. The zero-order valence-electron chi connectivity index (χ0n) is 9.04.